The highest BCUT2D eigenvalue weighted by molar-refractivity contribution is 7.90. The summed E-state index contributed by atoms with van der Waals surface area (Å²) in [6.45, 7) is 0.749. The van der Waals surface area contributed by atoms with Crippen molar-refractivity contribution in [1.29, 1.82) is 0 Å². The van der Waals surface area contributed by atoms with E-state index in [1.165, 1.54) is 12.1 Å². The van der Waals surface area contributed by atoms with Gasteiger partial charge in [-0.25, -0.2) is 13.1 Å². The number of amides is 1. The first-order chi connectivity index (χ1) is 13.5. The van der Waals surface area contributed by atoms with Crippen LogP contribution in [0.25, 0.3) is 0 Å². The van der Waals surface area contributed by atoms with E-state index in [-0.39, 0.29) is 16.4 Å². The maximum atomic E-state index is 12.8. The minimum Gasteiger partial charge on any atom is -0.457 e. The first kappa shape index (κ1) is 19.0. The summed E-state index contributed by atoms with van der Waals surface area (Å²) in [5.41, 5.74) is -0.238. The summed E-state index contributed by atoms with van der Waals surface area (Å²) in [6, 6.07) is 15.3. The van der Waals surface area contributed by atoms with Crippen molar-refractivity contribution in [1.82, 2.24) is 10.0 Å². The van der Waals surface area contributed by atoms with Gasteiger partial charge in [0.05, 0.1) is 10.8 Å². The van der Waals surface area contributed by atoms with E-state index in [9.17, 15) is 13.2 Å². The van der Waals surface area contributed by atoms with E-state index < -0.39 is 15.9 Å². The number of hydrogen-bond acceptors (Lipinski definition) is 5. The molecule has 7 heteroatoms. The normalized spacial score (nSPS) is 20.9. The zero-order chi connectivity index (χ0) is 19.6. The molecule has 1 aliphatic heterocycles. The highest BCUT2D eigenvalue weighted by atomic mass is 32.2. The summed E-state index contributed by atoms with van der Waals surface area (Å²) in [7, 11) is -3.97. The first-order valence-corrected chi connectivity index (χ1v) is 11.1. The lowest BCUT2D eigenvalue weighted by Crippen LogP contribution is -2.49. The average Bonchev–Trinajstić information content (AvgIpc) is 3.33. The van der Waals surface area contributed by atoms with Crippen molar-refractivity contribution < 1.29 is 17.9 Å². The van der Waals surface area contributed by atoms with Crippen molar-refractivity contribution in [3.63, 3.8) is 0 Å². The Labute approximate surface area is 165 Å². The highest BCUT2D eigenvalue weighted by Crippen LogP contribution is 2.41. The molecule has 0 bridgehead atoms. The summed E-state index contributed by atoms with van der Waals surface area (Å²) in [4.78, 5) is 12.8. The molecular formula is C21H24N2O4S. The quantitative estimate of drug-likeness (QED) is 0.805. The van der Waals surface area contributed by atoms with E-state index >= 15 is 0 Å². The Balaban J connectivity index is 1.50. The van der Waals surface area contributed by atoms with Crippen LogP contribution in [0.15, 0.2) is 59.5 Å². The van der Waals surface area contributed by atoms with Gasteiger partial charge in [0.2, 0.25) is 5.91 Å². The fourth-order valence-corrected chi connectivity index (χ4v) is 5.42. The number of ether oxygens (including phenoxy) is 1. The van der Waals surface area contributed by atoms with Crippen LogP contribution < -0.4 is 14.8 Å². The first-order valence-electron chi connectivity index (χ1n) is 9.63. The molecule has 1 saturated carbocycles. The molecule has 2 aromatic rings. The van der Waals surface area contributed by atoms with Crippen LogP contribution >= 0.6 is 0 Å². The largest absolute Gasteiger partial charge is 0.457 e. The predicted octanol–water partition coefficient (Wildman–Crippen LogP) is 3.21. The van der Waals surface area contributed by atoms with Crippen LogP contribution in [-0.2, 0) is 14.8 Å². The maximum absolute atomic E-state index is 12.8. The third-order valence-electron chi connectivity index (χ3n) is 5.72. The SMILES string of the molecule is O=C(NS(=O)(=O)c1cccc(Oc2ccccc2)c1)C1CCNC12CCCC2. The van der Waals surface area contributed by atoms with Gasteiger partial charge in [-0.3, -0.25) is 4.79 Å². The molecule has 6 nitrogen and oxygen atoms in total. The summed E-state index contributed by atoms with van der Waals surface area (Å²) in [5.74, 6) is 0.285. The lowest BCUT2D eigenvalue weighted by molar-refractivity contribution is -0.124. The van der Waals surface area contributed by atoms with E-state index in [0.717, 1.165) is 32.2 Å². The minimum absolute atomic E-state index is 0.0145. The van der Waals surface area contributed by atoms with Crippen molar-refractivity contribution in [3.05, 3.63) is 54.6 Å². The van der Waals surface area contributed by atoms with Gasteiger partial charge in [-0.15, -0.1) is 0 Å². The van der Waals surface area contributed by atoms with Gasteiger partial charge in [0.15, 0.2) is 0 Å². The zero-order valence-electron chi connectivity index (χ0n) is 15.6. The Bertz CT molecular complexity index is 948. The molecule has 2 N–H and O–H groups in total. The van der Waals surface area contributed by atoms with Crippen molar-refractivity contribution in [2.45, 2.75) is 42.5 Å². The van der Waals surface area contributed by atoms with Gasteiger partial charge in [-0.05, 0) is 50.1 Å². The number of benzene rings is 2. The third kappa shape index (κ3) is 3.77. The van der Waals surface area contributed by atoms with Crippen molar-refractivity contribution >= 4 is 15.9 Å². The molecule has 0 aromatic heterocycles. The van der Waals surface area contributed by atoms with Crippen molar-refractivity contribution in [2.75, 3.05) is 6.54 Å². The molecule has 1 spiro atoms. The van der Waals surface area contributed by atoms with E-state index in [4.69, 9.17) is 4.74 Å². The number of rotatable bonds is 5. The Morgan fingerprint density at radius 3 is 2.50 bits per heavy atom. The molecule has 2 aromatic carbocycles. The number of hydrogen-bond donors (Lipinski definition) is 2. The molecule has 2 aliphatic rings. The second-order valence-electron chi connectivity index (χ2n) is 7.49. The molecule has 2 fully saturated rings. The fourth-order valence-electron chi connectivity index (χ4n) is 4.37. The smallest absolute Gasteiger partial charge is 0.264 e. The lowest BCUT2D eigenvalue weighted by Gasteiger charge is -2.30. The second-order valence-corrected chi connectivity index (χ2v) is 9.17. The average molecular weight is 401 g/mol. The molecular weight excluding hydrogens is 376 g/mol. The predicted molar refractivity (Wildman–Crippen MR) is 106 cm³/mol. The maximum Gasteiger partial charge on any atom is 0.264 e. The molecule has 1 amide bonds. The number of sulfonamides is 1. The third-order valence-corrected chi connectivity index (χ3v) is 7.06. The van der Waals surface area contributed by atoms with E-state index in [0.29, 0.717) is 17.9 Å². The van der Waals surface area contributed by atoms with Crippen molar-refractivity contribution in [3.8, 4) is 11.5 Å². The Hall–Kier alpha value is -2.38. The van der Waals surface area contributed by atoms with E-state index in [2.05, 4.69) is 10.0 Å². The molecule has 1 unspecified atom stereocenters. The Kier molecular flexibility index (Phi) is 5.12. The number of para-hydroxylation sites is 1. The van der Waals surface area contributed by atoms with Gasteiger partial charge in [-0.1, -0.05) is 37.1 Å². The van der Waals surface area contributed by atoms with Gasteiger partial charge in [-0.2, -0.15) is 0 Å². The molecule has 1 saturated heterocycles. The van der Waals surface area contributed by atoms with Gasteiger partial charge in [0, 0.05) is 11.6 Å². The van der Waals surface area contributed by atoms with Gasteiger partial charge in [0.1, 0.15) is 11.5 Å². The van der Waals surface area contributed by atoms with E-state index in [1.807, 2.05) is 18.2 Å². The van der Waals surface area contributed by atoms with E-state index in [1.54, 1.807) is 24.3 Å². The van der Waals surface area contributed by atoms with Gasteiger partial charge >= 0.3 is 0 Å². The summed E-state index contributed by atoms with van der Waals surface area (Å²) in [6.07, 6.45) is 4.65. The van der Waals surface area contributed by atoms with Crippen LogP contribution in [0.5, 0.6) is 11.5 Å². The molecule has 1 atom stereocenters. The van der Waals surface area contributed by atoms with Crippen LogP contribution in [0.1, 0.15) is 32.1 Å². The zero-order valence-corrected chi connectivity index (χ0v) is 16.4. The van der Waals surface area contributed by atoms with Crippen LogP contribution in [0.4, 0.5) is 0 Å². The molecule has 4 rings (SSSR count). The Morgan fingerprint density at radius 1 is 1.04 bits per heavy atom. The summed E-state index contributed by atoms with van der Waals surface area (Å²) < 4.78 is 33.6. The summed E-state index contributed by atoms with van der Waals surface area (Å²) >= 11 is 0. The van der Waals surface area contributed by atoms with Crippen LogP contribution in [-0.4, -0.2) is 26.4 Å². The molecule has 28 heavy (non-hydrogen) atoms. The van der Waals surface area contributed by atoms with Crippen LogP contribution in [0.2, 0.25) is 0 Å². The number of nitrogens with one attached hydrogen (secondary N) is 2. The van der Waals surface area contributed by atoms with Gasteiger partial charge in [0.25, 0.3) is 10.0 Å². The standard InChI is InChI=1S/C21H24N2O4S/c24-20(19-11-14-22-21(19)12-4-5-13-21)23-28(25,26)18-10-6-9-17(15-18)27-16-7-2-1-3-8-16/h1-3,6-10,15,19,22H,4-5,11-14H2,(H,23,24). The topological polar surface area (TPSA) is 84.5 Å². The van der Waals surface area contributed by atoms with Crippen LogP contribution in [0.3, 0.4) is 0 Å². The summed E-state index contributed by atoms with van der Waals surface area (Å²) in [5, 5.41) is 3.45. The lowest BCUT2D eigenvalue weighted by atomic mass is 9.83. The molecule has 148 valence electrons. The molecule has 0 radical (unpaired) electrons. The molecule has 1 heterocycles. The number of carbonyl (C=O) groups excluding carboxylic acids is 1. The van der Waals surface area contributed by atoms with Gasteiger partial charge < -0.3 is 10.1 Å². The molecule has 1 aliphatic carbocycles. The minimum atomic E-state index is -3.97. The second kappa shape index (κ2) is 7.56. The highest BCUT2D eigenvalue weighted by Gasteiger charge is 2.48. The fraction of sp³-hybridized carbons (Fsp3) is 0.381. The Morgan fingerprint density at radius 2 is 1.75 bits per heavy atom. The van der Waals surface area contributed by atoms with Crippen LogP contribution in [0, 0.1) is 5.92 Å². The monoisotopic (exact) mass is 400 g/mol. The van der Waals surface area contributed by atoms with Crippen molar-refractivity contribution in [2.24, 2.45) is 5.92 Å². The number of carbonyl (C=O) groups is 1.